The molecule has 1 N–H and O–H groups in total. The van der Waals surface area contributed by atoms with Crippen molar-refractivity contribution in [1.82, 2.24) is 10.2 Å². The second kappa shape index (κ2) is 15.0. The first-order valence-corrected chi connectivity index (χ1v) is 16.4. The smallest absolute Gasteiger partial charge is 0.264 e. The molecule has 2 amide bonds. The molecule has 7 nitrogen and oxygen atoms in total. The Morgan fingerprint density at radius 3 is 2.09 bits per heavy atom. The Morgan fingerprint density at radius 2 is 1.44 bits per heavy atom. The summed E-state index contributed by atoms with van der Waals surface area (Å²) in [6, 6.07) is 27.5. The van der Waals surface area contributed by atoms with Gasteiger partial charge in [0.25, 0.3) is 10.0 Å². The molecule has 4 aromatic carbocycles. The lowest BCUT2D eigenvalue weighted by Gasteiger charge is -2.34. The predicted octanol–water partition coefficient (Wildman–Crippen LogP) is 6.05. The van der Waals surface area contributed by atoms with E-state index < -0.39 is 40.2 Å². The van der Waals surface area contributed by atoms with E-state index in [1.807, 2.05) is 57.2 Å². The Balaban J connectivity index is 1.83. The van der Waals surface area contributed by atoms with Crippen molar-refractivity contribution in [2.75, 3.05) is 17.4 Å². The fourth-order valence-electron chi connectivity index (χ4n) is 5.03. The molecule has 0 aliphatic rings. The molecule has 1 atom stereocenters. The van der Waals surface area contributed by atoms with Crippen LogP contribution in [-0.4, -0.2) is 44.3 Å². The van der Waals surface area contributed by atoms with Gasteiger partial charge in [-0.2, -0.15) is 0 Å². The van der Waals surface area contributed by atoms with Crippen molar-refractivity contribution in [2.24, 2.45) is 5.92 Å². The van der Waals surface area contributed by atoms with Crippen molar-refractivity contribution in [3.8, 4) is 0 Å². The molecule has 0 saturated carbocycles. The zero-order chi connectivity index (χ0) is 32.6. The number of hydrogen-bond donors (Lipinski definition) is 1. The van der Waals surface area contributed by atoms with E-state index in [1.165, 1.54) is 23.1 Å². The average molecular weight is 630 g/mol. The molecule has 0 aliphatic carbocycles. The molecule has 0 spiro atoms. The molecular weight excluding hydrogens is 589 g/mol. The van der Waals surface area contributed by atoms with E-state index in [4.69, 9.17) is 0 Å². The van der Waals surface area contributed by atoms with Gasteiger partial charge in [-0.15, -0.1) is 0 Å². The van der Waals surface area contributed by atoms with E-state index in [0.29, 0.717) is 17.8 Å². The molecule has 1 unspecified atom stereocenters. The maximum absolute atomic E-state index is 15.0. The third kappa shape index (κ3) is 8.36. The maximum atomic E-state index is 15.0. The van der Waals surface area contributed by atoms with Crippen molar-refractivity contribution in [3.63, 3.8) is 0 Å². The van der Waals surface area contributed by atoms with Crippen molar-refractivity contribution < 1.29 is 22.4 Å². The summed E-state index contributed by atoms with van der Waals surface area (Å²) in [6.45, 7) is 7.15. The van der Waals surface area contributed by atoms with Crippen molar-refractivity contribution in [3.05, 3.63) is 131 Å². The van der Waals surface area contributed by atoms with Gasteiger partial charge in [-0.05, 0) is 60.7 Å². The summed E-state index contributed by atoms with van der Waals surface area (Å²) >= 11 is 0. The molecule has 45 heavy (non-hydrogen) atoms. The van der Waals surface area contributed by atoms with Crippen LogP contribution < -0.4 is 9.62 Å². The summed E-state index contributed by atoms with van der Waals surface area (Å²) in [7, 11) is -4.22. The Bertz CT molecular complexity index is 1710. The first kappa shape index (κ1) is 33.4. The zero-order valence-electron chi connectivity index (χ0n) is 26.1. The van der Waals surface area contributed by atoms with Gasteiger partial charge >= 0.3 is 0 Å². The van der Waals surface area contributed by atoms with Gasteiger partial charge < -0.3 is 10.2 Å². The quantitative estimate of drug-likeness (QED) is 0.195. The Kier molecular flexibility index (Phi) is 11.1. The number of carbonyl (C=O) groups is 2. The van der Waals surface area contributed by atoms with Crippen LogP contribution in [0.25, 0.3) is 0 Å². The summed E-state index contributed by atoms with van der Waals surface area (Å²) in [6.07, 6.45) is 0.153. The maximum Gasteiger partial charge on any atom is 0.264 e. The predicted molar refractivity (Wildman–Crippen MR) is 176 cm³/mol. The van der Waals surface area contributed by atoms with Crippen LogP contribution in [0.15, 0.2) is 108 Å². The van der Waals surface area contributed by atoms with Crippen LogP contribution in [0, 0.1) is 25.6 Å². The lowest BCUT2D eigenvalue weighted by molar-refractivity contribution is -0.140. The van der Waals surface area contributed by atoms with Crippen LogP contribution >= 0.6 is 0 Å². The van der Waals surface area contributed by atoms with Gasteiger partial charge in [0, 0.05) is 25.1 Å². The second-order valence-corrected chi connectivity index (χ2v) is 13.4. The van der Waals surface area contributed by atoms with E-state index >= 15 is 4.39 Å². The molecule has 236 valence electrons. The van der Waals surface area contributed by atoms with E-state index in [2.05, 4.69) is 5.32 Å². The average Bonchev–Trinajstić information content (AvgIpc) is 3.03. The first-order chi connectivity index (χ1) is 21.5. The number of halogens is 1. The van der Waals surface area contributed by atoms with Crippen molar-refractivity contribution >= 4 is 27.5 Å². The molecule has 4 aromatic rings. The standard InChI is InChI=1S/C36H40FN3O4S/c1-26(2)23-38-36(42)34(22-29-15-7-5-8-16-29)39(24-30-17-11-12-20-32(30)37)35(41)25-40(33-21-13-14-27(3)28(33)4)45(43,44)31-18-9-6-10-19-31/h5-21,26,34H,22-25H2,1-4H3,(H,38,42). The zero-order valence-corrected chi connectivity index (χ0v) is 26.9. The minimum Gasteiger partial charge on any atom is -0.354 e. The number of nitrogens with zero attached hydrogens (tertiary/aromatic N) is 2. The number of rotatable bonds is 13. The summed E-state index contributed by atoms with van der Waals surface area (Å²) in [4.78, 5) is 29.7. The van der Waals surface area contributed by atoms with Gasteiger partial charge in [-0.1, -0.05) is 92.7 Å². The largest absolute Gasteiger partial charge is 0.354 e. The van der Waals surface area contributed by atoms with Gasteiger partial charge in [0.15, 0.2) is 0 Å². The van der Waals surface area contributed by atoms with Crippen LogP contribution in [0.3, 0.4) is 0 Å². The fraction of sp³-hybridized carbons (Fsp3) is 0.278. The van der Waals surface area contributed by atoms with Gasteiger partial charge in [-0.25, -0.2) is 12.8 Å². The third-order valence-electron chi connectivity index (χ3n) is 7.71. The second-order valence-electron chi connectivity index (χ2n) is 11.5. The minimum atomic E-state index is -4.22. The van der Waals surface area contributed by atoms with E-state index in [0.717, 1.165) is 15.4 Å². The van der Waals surface area contributed by atoms with Gasteiger partial charge in [0.2, 0.25) is 11.8 Å². The molecule has 0 bridgehead atoms. The number of amides is 2. The summed E-state index contributed by atoms with van der Waals surface area (Å²) in [5.74, 6) is -1.42. The monoisotopic (exact) mass is 629 g/mol. The van der Waals surface area contributed by atoms with Gasteiger partial charge in [0.05, 0.1) is 10.6 Å². The van der Waals surface area contributed by atoms with E-state index in [1.54, 1.807) is 55.5 Å². The summed E-state index contributed by atoms with van der Waals surface area (Å²) in [5.41, 5.74) is 2.91. The van der Waals surface area contributed by atoms with E-state index in [-0.39, 0.29) is 29.3 Å². The molecule has 0 fully saturated rings. The number of aryl methyl sites for hydroxylation is 1. The topological polar surface area (TPSA) is 86.8 Å². The number of sulfonamides is 1. The van der Waals surface area contributed by atoms with E-state index in [9.17, 15) is 18.0 Å². The summed E-state index contributed by atoms with van der Waals surface area (Å²) in [5, 5.41) is 2.94. The number of benzene rings is 4. The van der Waals surface area contributed by atoms with Gasteiger partial charge in [-0.3, -0.25) is 13.9 Å². The minimum absolute atomic E-state index is 0.0230. The number of hydrogen-bond acceptors (Lipinski definition) is 4. The van der Waals surface area contributed by atoms with Crippen LogP contribution in [0.1, 0.15) is 36.1 Å². The molecule has 0 heterocycles. The van der Waals surface area contributed by atoms with Gasteiger partial charge in [0.1, 0.15) is 18.4 Å². The number of anilines is 1. The molecule has 0 aliphatic heterocycles. The third-order valence-corrected chi connectivity index (χ3v) is 9.48. The summed E-state index contributed by atoms with van der Waals surface area (Å²) < 4.78 is 44.4. The highest BCUT2D eigenvalue weighted by Crippen LogP contribution is 2.29. The molecule has 9 heteroatoms. The molecule has 0 radical (unpaired) electrons. The van der Waals surface area contributed by atoms with Crippen LogP contribution in [-0.2, 0) is 32.6 Å². The lowest BCUT2D eigenvalue weighted by Crippen LogP contribution is -2.54. The lowest BCUT2D eigenvalue weighted by atomic mass is 10.0. The highest BCUT2D eigenvalue weighted by Gasteiger charge is 2.35. The number of carbonyl (C=O) groups excluding carboxylic acids is 2. The highest BCUT2D eigenvalue weighted by atomic mass is 32.2. The van der Waals surface area contributed by atoms with Crippen molar-refractivity contribution in [2.45, 2.75) is 51.6 Å². The van der Waals surface area contributed by atoms with Crippen LogP contribution in [0.2, 0.25) is 0 Å². The molecule has 0 aromatic heterocycles. The molecular formula is C36H40FN3O4S. The Morgan fingerprint density at radius 1 is 0.822 bits per heavy atom. The number of nitrogens with one attached hydrogen (secondary N) is 1. The van der Waals surface area contributed by atoms with Crippen LogP contribution in [0.4, 0.5) is 10.1 Å². The highest BCUT2D eigenvalue weighted by molar-refractivity contribution is 7.92. The molecule has 0 saturated heterocycles. The SMILES string of the molecule is Cc1cccc(N(CC(=O)N(Cc2ccccc2F)C(Cc2ccccc2)C(=O)NCC(C)C)S(=O)(=O)c2ccccc2)c1C. The van der Waals surface area contributed by atoms with Crippen LogP contribution in [0.5, 0.6) is 0 Å². The normalized spacial score (nSPS) is 12.0. The first-order valence-electron chi connectivity index (χ1n) is 15.0. The Hall–Kier alpha value is -4.50. The Labute approximate surface area is 265 Å². The fourth-order valence-corrected chi connectivity index (χ4v) is 6.52. The molecule has 4 rings (SSSR count). The van der Waals surface area contributed by atoms with Crippen molar-refractivity contribution in [1.29, 1.82) is 0 Å².